The van der Waals surface area contributed by atoms with Crippen molar-refractivity contribution in [3.63, 3.8) is 0 Å². The molecule has 0 heterocycles. The first-order valence-electron chi connectivity index (χ1n) is 29.2. The van der Waals surface area contributed by atoms with E-state index in [0.717, 1.165) is 70.6 Å². The van der Waals surface area contributed by atoms with Gasteiger partial charge >= 0.3 is 7.82 Å². The van der Waals surface area contributed by atoms with E-state index < -0.39 is 75.2 Å². The maximum Gasteiger partial charge on any atom is 0.472 e. The molecule has 1 fully saturated rings. The maximum atomic E-state index is 13.1. The third-order valence-electron chi connectivity index (χ3n) is 14.4. The number of hydrogen-bond donors (Lipinski definition) is 9. The van der Waals surface area contributed by atoms with Gasteiger partial charge in [-0.3, -0.25) is 13.8 Å². The number of phosphoric acid groups is 1. The summed E-state index contributed by atoms with van der Waals surface area (Å²) in [4.78, 5) is 23.6. The van der Waals surface area contributed by atoms with Crippen molar-refractivity contribution in [2.45, 2.75) is 332 Å². The number of aliphatic hydroxyl groups is 7. The molecule has 8 unspecified atom stereocenters. The Hall–Kier alpha value is -0.960. The largest absolute Gasteiger partial charge is 0.472 e. The Bertz CT molecular complexity index is 1250. The number of unbranched alkanes of at least 4 members (excludes halogenated alkanes) is 35. The number of hydrogen-bond acceptors (Lipinski definition) is 11. The molecule has 0 bridgehead atoms. The Balaban J connectivity index is 2.39. The topological polar surface area (TPSA) is 226 Å². The van der Waals surface area contributed by atoms with Crippen molar-refractivity contribution in [3.05, 3.63) is 12.2 Å². The van der Waals surface area contributed by atoms with Crippen molar-refractivity contribution in [1.82, 2.24) is 5.32 Å². The van der Waals surface area contributed by atoms with Crippen LogP contribution in [0.3, 0.4) is 0 Å². The predicted molar refractivity (Wildman–Crippen MR) is 284 cm³/mol. The summed E-state index contributed by atoms with van der Waals surface area (Å²) in [5, 5.41) is 75.1. The van der Waals surface area contributed by atoms with E-state index in [1.54, 1.807) is 0 Å². The van der Waals surface area contributed by atoms with Crippen molar-refractivity contribution in [3.8, 4) is 0 Å². The number of amides is 1. The van der Waals surface area contributed by atoms with Gasteiger partial charge < -0.3 is 46.0 Å². The molecule has 1 amide bonds. The van der Waals surface area contributed by atoms with Crippen LogP contribution in [0, 0.1) is 0 Å². The number of allylic oxidation sites excluding steroid dienone is 2. The molecule has 416 valence electrons. The minimum atomic E-state index is -5.12. The highest BCUT2D eigenvalue weighted by Gasteiger charge is 2.51. The second kappa shape index (κ2) is 45.4. The van der Waals surface area contributed by atoms with E-state index in [9.17, 15) is 50.0 Å². The summed E-state index contributed by atoms with van der Waals surface area (Å²) in [7, 11) is -5.12. The van der Waals surface area contributed by atoms with Crippen LogP contribution in [0.1, 0.15) is 277 Å². The van der Waals surface area contributed by atoms with Gasteiger partial charge in [-0.1, -0.05) is 244 Å². The Morgan fingerprint density at radius 1 is 0.486 bits per heavy atom. The van der Waals surface area contributed by atoms with Crippen LogP contribution in [0.5, 0.6) is 0 Å². The molecular weight excluding hydrogens is 910 g/mol. The molecule has 0 radical (unpaired) electrons. The van der Waals surface area contributed by atoms with Crippen molar-refractivity contribution < 1.29 is 59.0 Å². The van der Waals surface area contributed by atoms with Crippen LogP contribution < -0.4 is 5.32 Å². The number of nitrogens with one attached hydrogen (secondary N) is 1. The van der Waals surface area contributed by atoms with Gasteiger partial charge in [0.05, 0.1) is 31.3 Å². The Labute approximate surface area is 427 Å². The van der Waals surface area contributed by atoms with Crippen molar-refractivity contribution in [1.29, 1.82) is 0 Å². The van der Waals surface area contributed by atoms with E-state index in [1.165, 1.54) is 167 Å². The smallest absolute Gasteiger partial charge is 0.393 e. The van der Waals surface area contributed by atoms with E-state index in [-0.39, 0.29) is 12.8 Å². The molecule has 0 aromatic rings. The van der Waals surface area contributed by atoms with Crippen LogP contribution in [0.25, 0.3) is 0 Å². The monoisotopic (exact) mass is 1020 g/mol. The minimum Gasteiger partial charge on any atom is -0.393 e. The Morgan fingerprint density at radius 3 is 1.17 bits per heavy atom. The summed E-state index contributed by atoms with van der Waals surface area (Å²) < 4.78 is 23.1. The lowest BCUT2D eigenvalue weighted by atomic mass is 9.85. The number of carbonyl (C=O) groups is 1. The molecule has 0 aromatic carbocycles. The third kappa shape index (κ3) is 36.1. The highest BCUT2D eigenvalue weighted by atomic mass is 31.2. The van der Waals surface area contributed by atoms with Crippen LogP contribution in [0.4, 0.5) is 0 Å². The van der Waals surface area contributed by atoms with Crippen LogP contribution in [-0.2, 0) is 18.4 Å². The summed E-state index contributed by atoms with van der Waals surface area (Å²) in [6.45, 7) is 3.84. The first-order chi connectivity index (χ1) is 33.8. The zero-order chi connectivity index (χ0) is 51.5. The van der Waals surface area contributed by atoms with Gasteiger partial charge in [0.15, 0.2) is 0 Å². The van der Waals surface area contributed by atoms with Gasteiger partial charge in [-0.05, 0) is 38.5 Å². The second-order valence-electron chi connectivity index (χ2n) is 21.0. The molecule has 8 atom stereocenters. The summed E-state index contributed by atoms with van der Waals surface area (Å²) in [5.74, 6) is -0.560. The fourth-order valence-corrected chi connectivity index (χ4v) is 10.6. The molecule has 14 heteroatoms. The fourth-order valence-electron chi connectivity index (χ4n) is 9.66. The van der Waals surface area contributed by atoms with E-state index in [1.807, 2.05) is 0 Å². The van der Waals surface area contributed by atoms with Crippen molar-refractivity contribution in [2.75, 3.05) is 6.61 Å². The molecule has 9 N–H and O–H groups in total. The predicted octanol–water partition coefficient (Wildman–Crippen LogP) is 12.1. The molecule has 1 rings (SSSR count). The first-order valence-corrected chi connectivity index (χ1v) is 30.7. The first kappa shape index (κ1) is 67.1. The van der Waals surface area contributed by atoms with Crippen LogP contribution in [-0.4, -0.2) is 108 Å². The van der Waals surface area contributed by atoms with Gasteiger partial charge in [-0.15, -0.1) is 0 Å². The average molecular weight is 1020 g/mol. The van der Waals surface area contributed by atoms with Crippen LogP contribution in [0.15, 0.2) is 12.2 Å². The summed E-state index contributed by atoms with van der Waals surface area (Å²) >= 11 is 0. The van der Waals surface area contributed by atoms with Gasteiger partial charge in [0.25, 0.3) is 0 Å². The molecule has 13 nitrogen and oxygen atoms in total. The van der Waals surface area contributed by atoms with Crippen molar-refractivity contribution >= 4 is 13.7 Å². The summed E-state index contributed by atoms with van der Waals surface area (Å²) in [6.07, 6.45) is 38.2. The Morgan fingerprint density at radius 2 is 0.800 bits per heavy atom. The molecule has 0 aliphatic heterocycles. The lowest BCUT2D eigenvalue weighted by molar-refractivity contribution is -0.220. The van der Waals surface area contributed by atoms with Crippen LogP contribution >= 0.6 is 7.82 Å². The molecule has 1 aliphatic carbocycles. The standard InChI is InChI=1S/C56H110NO12P/c1-3-5-7-9-11-13-15-17-19-21-23-24-26-27-29-31-33-35-37-39-41-43-47(58)45-50(60)57-48(46-68-70(66,67)69-56-54(64)52(62)51(61)53(63)55(56)65)49(59)44-42-40-38-36-34-32-30-28-25-22-20-18-16-14-12-10-8-6-4-2/h27,29,47-49,51-56,58-59,61-65H,3-26,28,30-46H2,1-2H3,(H,57,60)(H,66,67)/b29-27-. The summed E-state index contributed by atoms with van der Waals surface area (Å²) in [6, 6.07) is -1.16. The van der Waals surface area contributed by atoms with Gasteiger partial charge in [0.2, 0.25) is 5.91 Å². The van der Waals surface area contributed by atoms with Gasteiger partial charge in [0, 0.05) is 0 Å². The van der Waals surface area contributed by atoms with Gasteiger partial charge in [-0.25, -0.2) is 4.57 Å². The van der Waals surface area contributed by atoms with Crippen molar-refractivity contribution in [2.24, 2.45) is 0 Å². The number of carbonyl (C=O) groups excluding carboxylic acids is 1. The maximum absolute atomic E-state index is 13.1. The van der Waals surface area contributed by atoms with E-state index in [2.05, 4.69) is 31.3 Å². The minimum absolute atomic E-state index is 0.224. The number of phosphoric ester groups is 1. The normalized spacial score (nSPS) is 21.8. The SMILES string of the molecule is CCCCCCCCCCCCCC/C=C\CCCCCCCC(O)CC(=O)NC(COP(=O)(O)OC1C(O)C(O)C(O)C(O)C1O)C(O)CCCCCCCCCCCCCCCCCCCCC. The fraction of sp³-hybridized carbons (Fsp3) is 0.946. The molecule has 1 aliphatic rings. The lowest BCUT2D eigenvalue weighted by Gasteiger charge is -2.41. The number of aliphatic hydroxyl groups excluding tert-OH is 7. The average Bonchev–Trinajstić information content (AvgIpc) is 3.34. The van der Waals surface area contributed by atoms with E-state index in [4.69, 9.17) is 9.05 Å². The molecule has 1 saturated carbocycles. The van der Waals surface area contributed by atoms with E-state index >= 15 is 0 Å². The van der Waals surface area contributed by atoms with Gasteiger partial charge in [-0.2, -0.15) is 0 Å². The van der Waals surface area contributed by atoms with Gasteiger partial charge in [0.1, 0.15) is 36.6 Å². The number of rotatable bonds is 50. The zero-order valence-corrected chi connectivity index (χ0v) is 45.6. The molecule has 0 spiro atoms. The lowest BCUT2D eigenvalue weighted by Crippen LogP contribution is -2.64. The highest BCUT2D eigenvalue weighted by molar-refractivity contribution is 7.47. The molecule has 0 saturated heterocycles. The second-order valence-corrected chi connectivity index (χ2v) is 22.4. The Kier molecular flexibility index (Phi) is 43.5. The zero-order valence-electron chi connectivity index (χ0n) is 44.7. The molecule has 0 aromatic heterocycles. The van der Waals surface area contributed by atoms with E-state index in [0.29, 0.717) is 12.8 Å². The molecular formula is C56H110NO12P. The highest BCUT2D eigenvalue weighted by Crippen LogP contribution is 2.47. The summed E-state index contributed by atoms with van der Waals surface area (Å²) in [5.41, 5.74) is 0. The molecule has 70 heavy (non-hydrogen) atoms. The van der Waals surface area contributed by atoms with Crippen LogP contribution in [0.2, 0.25) is 0 Å². The third-order valence-corrected chi connectivity index (χ3v) is 15.4. The quantitative estimate of drug-likeness (QED) is 0.0158.